The van der Waals surface area contributed by atoms with Crippen LogP contribution in [0.4, 0.5) is 4.39 Å². The zero-order valence-electron chi connectivity index (χ0n) is 14.4. The molecule has 1 saturated carbocycles. The number of benzene rings is 1. The fraction of sp³-hybridized carbons (Fsp3) is 0.611. The number of nitrogens with one attached hydrogen (secondary N) is 1. The molecular weight excluding hydrogens is 343 g/mol. The monoisotopic (exact) mass is 368 g/mol. The van der Waals surface area contributed by atoms with Gasteiger partial charge >= 0.3 is 0 Å². The largest absolute Gasteiger partial charge is 0.353 e. The molecule has 3 rings (SSSR count). The molecule has 1 amide bonds. The van der Waals surface area contributed by atoms with Crippen molar-refractivity contribution in [2.45, 2.75) is 50.3 Å². The lowest BCUT2D eigenvalue weighted by Crippen LogP contribution is -2.48. The zero-order valence-corrected chi connectivity index (χ0v) is 15.3. The average Bonchev–Trinajstić information content (AvgIpc) is 3.43. The first-order valence-electron chi connectivity index (χ1n) is 8.90. The quantitative estimate of drug-likeness (QED) is 0.836. The van der Waals surface area contributed by atoms with Gasteiger partial charge in [0.05, 0.1) is 5.25 Å². The summed E-state index contributed by atoms with van der Waals surface area (Å²) in [5, 5.41) is 2.81. The fourth-order valence-electron chi connectivity index (χ4n) is 3.26. The minimum Gasteiger partial charge on any atom is -0.353 e. The van der Waals surface area contributed by atoms with Gasteiger partial charge in [-0.2, -0.15) is 0 Å². The first-order valence-corrected chi connectivity index (χ1v) is 10.4. The predicted molar refractivity (Wildman–Crippen MR) is 93.9 cm³/mol. The minimum absolute atomic E-state index is 0.0128. The van der Waals surface area contributed by atoms with Crippen LogP contribution in [-0.4, -0.2) is 43.0 Å². The number of carbonyl (C=O) groups excluding carboxylic acids is 1. The van der Waals surface area contributed by atoms with Gasteiger partial charge in [-0.15, -0.1) is 0 Å². The van der Waals surface area contributed by atoms with E-state index in [0.717, 1.165) is 12.8 Å². The number of hydrogen-bond donors (Lipinski definition) is 1. The Kier molecular flexibility index (Phi) is 5.43. The smallest absolute Gasteiger partial charge is 0.223 e. The van der Waals surface area contributed by atoms with Gasteiger partial charge in [-0.25, -0.2) is 17.1 Å². The topological polar surface area (TPSA) is 66.5 Å². The summed E-state index contributed by atoms with van der Waals surface area (Å²) in [5.74, 6) is -0.724. The van der Waals surface area contributed by atoms with Crippen molar-refractivity contribution in [3.63, 3.8) is 0 Å². The van der Waals surface area contributed by atoms with Crippen molar-refractivity contribution in [3.8, 4) is 0 Å². The summed E-state index contributed by atoms with van der Waals surface area (Å²) in [6.45, 7) is 2.71. The van der Waals surface area contributed by atoms with Crippen molar-refractivity contribution in [3.05, 3.63) is 35.6 Å². The molecule has 7 heteroatoms. The second kappa shape index (κ2) is 7.41. The molecule has 1 aliphatic carbocycles. The molecule has 0 spiro atoms. The Morgan fingerprint density at radius 3 is 2.48 bits per heavy atom. The normalized spacial score (nSPS) is 21.0. The molecule has 1 heterocycles. The summed E-state index contributed by atoms with van der Waals surface area (Å²) in [5.41, 5.74) is 0.537. The van der Waals surface area contributed by atoms with Crippen LogP contribution in [0.3, 0.4) is 0 Å². The van der Waals surface area contributed by atoms with Crippen molar-refractivity contribution < 1.29 is 17.6 Å². The van der Waals surface area contributed by atoms with Gasteiger partial charge in [-0.05, 0) is 43.7 Å². The van der Waals surface area contributed by atoms with Gasteiger partial charge in [0.15, 0.2) is 0 Å². The molecule has 0 aromatic heterocycles. The number of nitrogens with zero attached hydrogens (tertiary/aromatic N) is 1. The van der Waals surface area contributed by atoms with E-state index in [2.05, 4.69) is 5.32 Å². The first kappa shape index (κ1) is 18.3. The van der Waals surface area contributed by atoms with E-state index in [1.165, 1.54) is 6.07 Å². The Balaban J connectivity index is 1.48. The zero-order chi connectivity index (χ0) is 18.0. The molecule has 1 saturated heterocycles. The second-order valence-electron chi connectivity index (χ2n) is 7.12. The van der Waals surface area contributed by atoms with Crippen LogP contribution in [0.1, 0.15) is 38.2 Å². The van der Waals surface area contributed by atoms with Crippen LogP contribution >= 0.6 is 0 Å². The molecule has 1 aromatic rings. The van der Waals surface area contributed by atoms with Gasteiger partial charge < -0.3 is 5.32 Å². The third kappa shape index (κ3) is 4.39. The van der Waals surface area contributed by atoms with Crippen LogP contribution < -0.4 is 5.32 Å². The highest BCUT2D eigenvalue weighted by atomic mass is 32.2. The molecule has 1 aromatic carbocycles. The Labute approximate surface area is 148 Å². The van der Waals surface area contributed by atoms with E-state index in [4.69, 9.17) is 0 Å². The van der Waals surface area contributed by atoms with Crippen molar-refractivity contribution >= 4 is 15.9 Å². The van der Waals surface area contributed by atoms with Crippen molar-refractivity contribution in [2.24, 2.45) is 5.92 Å². The fourth-order valence-corrected chi connectivity index (χ4v) is 5.13. The molecule has 1 aliphatic heterocycles. The van der Waals surface area contributed by atoms with E-state index in [1.54, 1.807) is 29.4 Å². The summed E-state index contributed by atoms with van der Waals surface area (Å²) < 4.78 is 39.7. The Bertz CT molecular complexity index is 726. The predicted octanol–water partition coefficient (Wildman–Crippen LogP) is 2.08. The van der Waals surface area contributed by atoms with Crippen molar-refractivity contribution in [1.82, 2.24) is 9.62 Å². The molecule has 2 fully saturated rings. The van der Waals surface area contributed by atoms with E-state index in [1.807, 2.05) is 0 Å². The molecule has 1 atom stereocenters. The van der Waals surface area contributed by atoms with E-state index in [9.17, 15) is 17.6 Å². The molecule has 1 unspecified atom stereocenters. The summed E-state index contributed by atoms with van der Waals surface area (Å²) in [4.78, 5) is 12.4. The molecule has 1 N–H and O–H groups in total. The number of rotatable bonds is 6. The van der Waals surface area contributed by atoms with Gasteiger partial charge in [0, 0.05) is 25.0 Å². The number of sulfonamides is 1. The first-order chi connectivity index (χ1) is 11.9. The molecule has 138 valence electrons. The van der Waals surface area contributed by atoms with Gasteiger partial charge in [0.1, 0.15) is 5.82 Å². The Hall–Kier alpha value is -1.47. The maximum Gasteiger partial charge on any atom is 0.223 e. The van der Waals surface area contributed by atoms with Gasteiger partial charge in [-0.1, -0.05) is 25.1 Å². The van der Waals surface area contributed by atoms with Crippen LogP contribution in [0.5, 0.6) is 0 Å². The lowest BCUT2D eigenvalue weighted by Gasteiger charge is -2.32. The average molecular weight is 368 g/mol. The summed E-state index contributed by atoms with van der Waals surface area (Å²) in [6.07, 6.45) is 3.15. The van der Waals surface area contributed by atoms with Gasteiger partial charge in [0.2, 0.25) is 15.9 Å². The van der Waals surface area contributed by atoms with E-state index in [-0.39, 0.29) is 28.9 Å². The van der Waals surface area contributed by atoms with Crippen molar-refractivity contribution in [1.29, 1.82) is 0 Å². The van der Waals surface area contributed by atoms with Crippen molar-refractivity contribution in [2.75, 3.05) is 13.1 Å². The second-order valence-corrected chi connectivity index (χ2v) is 9.34. The Morgan fingerprint density at radius 2 is 1.88 bits per heavy atom. The number of amides is 1. The lowest BCUT2D eigenvalue weighted by atomic mass is 9.98. The van der Waals surface area contributed by atoms with E-state index < -0.39 is 10.0 Å². The van der Waals surface area contributed by atoms with Crippen LogP contribution in [0.15, 0.2) is 24.3 Å². The third-order valence-electron chi connectivity index (χ3n) is 5.04. The Morgan fingerprint density at radius 1 is 1.24 bits per heavy atom. The van der Waals surface area contributed by atoms with Gasteiger partial charge in [0.25, 0.3) is 0 Å². The standard InChI is InChI=1S/C18H25FN2O3S/c1-13(12-14-4-2-3-5-17(14)19)18(22)20-15-8-10-21(11-9-15)25(23,24)16-6-7-16/h2-5,13,15-16H,6-12H2,1H3,(H,20,22). The summed E-state index contributed by atoms with van der Waals surface area (Å²) >= 11 is 0. The highest BCUT2D eigenvalue weighted by Crippen LogP contribution is 2.32. The molecule has 0 radical (unpaired) electrons. The maximum absolute atomic E-state index is 13.7. The van der Waals surface area contributed by atoms with Crippen LogP contribution in [0, 0.1) is 11.7 Å². The van der Waals surface area contributed by atoms with E-state index >= 15 is 0 Å². The molecular formula is C18H25FN2O3S. The number of carbonyl (C=O) groups is 1. The third-order valence-corrected chi connectivity index (χ3v) is 7.44. The molecule has 25 heavy (non-hydrogen) atoms. The highest BCUT2D eigenvalue weighted by Gasteiger charge is 2.41. The van der Waals surface area contributed by atoms with Crippen LogP contribution in [-0.2, 0) is 21.2 Å². The summed E-state index contributed by atoms with van der Waals surface area (Å²) in [7, 11) is -3.12. The maximum atomic E-state index is 13.7. The SMILES string of the molecule is CC(Cc1ccccc1F)C(=O)NC1CCN(S(=O)(=O)C2CC2)CC1. The molecule has 2 aliphatic rings. The van der Waals surface area contributed by atoms with E-state index in [0.29, 0.717) is 37.9 Å². The van der Waals surface area contributed by atoms with Crippen LogP contribution in [0.2, 0.25) is 0 Å². The van der Waals surface area contributed by atoms with Gasteiger partial charge in [-0.3, -0.25) is 4.79 Å². The number of hydrogen-bond acceptors (Lipinski definition) is 3. The minimum atomic E-state index is -3.12. The number of halogens is 1. The van der Waals surface area contributed by atoms with Crippen LogP contribution in [0.25, 0.3) is 0 Å². The summed E-state index contributed by atoms with van der Waals surface area (Å²) in [6, 6.07) is 6.48. The molecule has 0 bridgehead atoms. The highest BCUT2D eigenvalue weighted by molar-refractivity contribution is 7.90. The number of piperidine rings is 1. The molecule has 5 nitrogen and oxygen atoms in total. The lowest BCUT2D eigenvalue weighted by molar-refractivity contribution is -0.125.